The van der Waals surface area contributed by atoms with Crippen LogP contribution in [0.4, 0.5) is 34.1 Å². The van der Waals surface area contributed by atoms with E-state index in [-0.39, 0.29) is 16.2 Å². The van der Waals surface area contributed by atoms with E-state index in [2.05, 4.69) is 265 Å². The lowest BCUT2D eigenvalue weighted by Gasteiger charge is -2.34. The van der Waals surface area contributed by atoms with Gasteiger partial charge in [-0.3, -0.25) is 0 Å². The lowest BCUT2D eigenvalue weighted by molar-refractivity contribution is 0.589. The van der Waals surface area contributed by atoms with Gasteiger partial charge in [-0.1, -0.05) is 159 Å². The highest BCUT2D eigenvalue weighted by Gasteiger charge is 2.37. The number of anilines is 6. The second-order valence-corrected chi connectivity index (χ2v) is 25.2. The molecular formula is C63H57IN2S2. The fourth-order valence-corrected chi connectivity index (χ4v) is 13.9. The summed E-state index contributed by atoms with van der Waals surface area (Å²) in [7, 11) is 0. The molecule has 0 radical (unpaired) electrons. The van der Waals surface area contributed by atoms with Crippen LogP contribution >= 0.6 is 45.3 Å². The summed E-state index contributed by atoms with van der Waals surface area (Å²) in [6.45, 7) is 23.2. The first-order valence-electron chi connectivity index (χ1n) is 23.8. The van der Waals surface area contributed by atoms with E-state index in [9.17, 15) is 0 Å². The van der Waals surface area contributed by atoms with Crippen molar-refractivity contribution >= 4 is 110 Å². The molecule has 10 aromatic rings. The molecule has 0 unspecified atom stereocenters. The van der Waals surface area contributed by atoms with Gasteiger partial charge in [0.15, 0.2) is 0 Å². The Hall–Kier alpha value is -5.73. The van der Waals surface area contributed by atoms with E-state index in [0.717, 1.165) is 17.1 Å². The van der Waals surface area contributed by atoms with Crippen molar-refractivity contribution in [2.75, 3.05) is 9.80 Å². The normalized spacial score (nSPS) is 13.3. The van der Waals surface area contributed by atoms with E-state index >= 15 is 0 Å². The molecule has 0 spiro atoms. The Kier molecular flexibility index (Phi) is 10.8. The number of benzene rings is 8. The van der Waals surface area contributed by atoms with Gasteiger partial charge in [0, 0.05) is 47.0 Å². The second-order valence-electron chi connectivity index (χ2n) is 21.3. The Labute approximate surface area is 424 Å². The molecule has 0 bridgehead atoms. The zero-order valence-electron chi connectivity index (χ0n) is 40.7. The number of nitrogens with zero attached hydrogens (tertiary/aromatic N) is 2. The smallest absolute Gasteiger partial charge is 0.0906 e. The predicted molar refractivity (Wildman–Crippen MR) is 307 cm³/mol. The molecule has 11 rings (SSSR count). The third-order valence-electron chi connectivity index (χ3n) is 14.4. The van der Waals surface area contributed by atoms with E-state index in [0.29, 0.717) is 0 Å². The first kappa shape index (κ1) is 44.8. The minimum Gasteiger partial charge on any atom is -0.309 e. The Morgan fingerprint density at radius 2 is 1.12 bits per heavy atom. The van der Waals surface area contributed by atoms with Crippen molar-refractivity contribution in [3.63, 3.8) is 0 Å². The number of halogens is 1. The maximum Gasteiger partial charge on any atom is 0.0906 e. The highest BCUT2D eigenvalue weighted by atomic mass is 127. The Bertz CT molecular complexity index is 3600. The molecule has 0 atom stereocenters. The van der Waals surface area contributed by atoms with Crippen LogP contribution in [0.5, 0.6) is 0 Å². The summed E-state index contributed by atoms with van der Waals surface area (Å²) >= 11 is 6.42. The number of thiophene rings is 2. The molecule has 68 heavy (non-hydrogen) atoms. The molecule has 338 valence electrons. The lowest BCUT2D eigenvalue weighted by atomic mass is 9.82. The number of hydrogen-bond donors (Lipinski definition) is 0. The maximum absolute atomic E-state index is 2.63. The summed E-state index contributed by atoms with van der Waals surface area (Å²) in [6.07, 6.45) is 0. The quantitative estimate of drug-likeness (QED) is 0.147. The first-order valence-corrected chi connectivity index (χ1v) is 26.5. The predicted octanol–water partition coefficient (Wildman–Crippen LogP) is 20.0. The maximum atomic E-state index is 2.63. The van der Waals surface area contributed by atoms with Crippen LogP contribution in [0.2, 0.25) is 0 Å². The molecule has 0 N–H and O–H groups in total. The minimum absolute atomic E-state index is 0.00937. The summed E-state index contributed by atoms with van der Waals surface area (Å²) in [5.41, 5.74) is 19.9. The van der Waals surface area contributed by atoms with Crippen LogP contribution in [0.15, 0.2) is 164 Å². The van der Waals surface area contributed by atoms with E-state index in [1.165, 1.54) is 106 Å². The van der Waals surface area contributed by atoms with Crippen molar-refractivity contribution in [2.24, 2.45) is 0 Å². The Morgan fingerprint density at radius 1 is 0.471 bits per heavy atom. The molecule has 5 heteroatoms. The summed E-state index contributed by atoms with van der Waals surface area (Å²) in [4.78, 5) is 5.17. The monoisotopic (exact) mass is 1030 g/mol. The van der Waals surface area contributed by atoms with Crippen molar-refractivity contribution in [3.8, 4) is 22.3 Å². The molecule has 2 aromatic heterocycles. The average Bonchev–Trinajstić information content (AvgIpc) is 3.93. The standard InChI is InChI=1S/C63H57IN2S2/c1-38-33-43(62(6,7)8)29-32-51(38)66(52-24-18-26-56-58(52)46-22-15-17-25-55(46)67-56)54-35-41(40-19-12-11-13-20-40)34-53(39(54)2)65(44-30-27-42(28-31-44)61(3,4)5)59-48-36-47-45-21-14-16-23-49(45)63(9,10)50(47)37-57(48)68-60(59)64/h11-37H,1-10H3. The minimum atomic E-state index is -0.0863. The van der Waals surface area contributed by atoms with Crippen LogP contribution < -0.4 is 9.80 Å². The van der Waals surface area contributed by atoms with Crippen LogP contribution in [-0.4, -0.2) is 0 Å². The van der Waals surface area contributed by atoms with E-state index in [1.807, 2.05) is 22.7 Å². The number of aryl methyl sites for hydroxylation is 1. The average molecular weight is 1030 g/mol. The topological polar surface area (TPSA) is 6.48 Å². The third-order valence-corrected chi connectivity index (χ3v) is 17.6. The highest BCUT2D eigenvalue weighted by Crippen LogP contribution is 2.56. The van der Waals surface area contributed by atoms with Crippen molar-refractivity contribution in [1.82, 2.24) is 0 Å². The highest BCUT2D eigenvalue weighted by molar-refractivity contribution is 14.1. The van der Waals surface area contributed by atoms with E-state index in [1.54, 1.807) is 0 Å². The summed E-state index contributed by atoms with van der Waals surface area (Å²) in [5.74, 6) is 0. The fourth-order valence-electron chi connectivity index (χ4n) is 10.6. The van der Waals surface area contributed by atoms with Gasteiger partial charge in [-0.2, -0.15) is 0 Å². The lowest BCUT2D eigenvalue weighted by Crippen LogP contribution is -2.18. The molecule has 2 nitrogen and oxygen atoms in total. The molecular weight excluding hydrogens is 976 g/mol. The van der Waals surface area contributed by atoms with Gasteiger partial charge in [0.05, 0.1) is 25.6 Å². The molecule has 1 aliphatic carbocycles. The number of fused-ring (bicyclic) bond motifs is 7. The second kappa shape index (κ2) is 16.5. The molecule has 0 amide bonds. The van der Waals surface area contributed by atoms with Crippen LogP contribution in [0.25, 0.3) is 52.5 Å². The van der Waals surface area contributed by atoms with E-state index < -0.39 is 0 Å². The fraction of sp³-hybridized carbons (Fsp3) is 0.206. The summed E-state index contributed by atoms with van der Waals surface area (Å²) in [6, 6.07) is 62.2. The molecule has 2 heterocycles. The van der Waals surface area contributed by atoms with Crippen LogP contribution in [0, 0.1) is 16.7 Å². The van der Waals surface area contributed by atoms with Crippen LogP contribution in [0.3, 0.4) is 0 Å². The van der Waals surface area contributed by atoms with Gasteiger partial charge in [0.2, 0.25) is 0 Å². The largest absolute Gasteiger partial charge is 0.309 e. The van der Waals surface area contributed by atoms with Gasteiger partial charge < -0.3 is 9.80 Å². The SMILES string of the molecule is Cc1cc(C(C)(C)C)ccc1N(c1cc(-c2ccccc2)cc(N(c2ccc(C(C)(C)C)cc2)c2c(I)sc3cc4c(cc23)-c2ccccc2C4(C)C)c1C)c1cccc2sc3ccccc3c12. The van der Waals surface area contributed by atoms with E-state index in [4.69, 9.17) is 0 Å². The van der Waals surface area contributed by atoms with Gasteiger partial charge in [-0.05, 0) is 164 Å². The molecule has 0 aliphatic heterocycles. The van der Waals surface area contributed by atoms with Crippen LogP contribution in [0.1, 0.15) is 88.8 Å². The molecule has 0 saturated carbocycles. The van der Waals surface area contributed by atoms with Crippen LogP contribution in [-0.2, 0) is 16.2 Å². The third kappa shape index (κ3) is 7.39. The molecule has 0 fully saturated rings. The van der Waals surface area contributed by atoms with Gasteiger partial charge in [0.1, 0.15) is 0 Å². The van der Waals surface area contributed by atoms with Crippen molar-refractivity contribution in [2.45, 2.75) is 85.5 Å². The summed E-state index contributed by atoms with van der Waals surface area (Å²) < 4.78 is 5.15. The zero-order chi connectivity index (χ0) is 47.4. The van der Waals surface area contributed by atoms with Gasteiger partial charge >= 0.3 is 0 Å². The first-order chi connectivity index (χ1) is 32.5. The van der Waals surface area contributed by atoms with Crippen molar-refractivity contribution in [3.05, 3.63) is 200 Å². The Balaban J connectivity index is 1.24. The molecule has 1 aliphatic rings. The zero-order valence-corrected chi connectivity index (χ0v) is 44.5. The van der Waals surface area contributed by atoms with Crippen molar-refractivity contribution < 1.29 is 0 Å². The van der Waals surface area contributed by atoms with Gasteiger partial charge in [-0.25, -0.2) is 0 Å². The molecule has 0 saturated heterocycles. The summed E-state index contributed by atoms with van der Waals surface area (Å²) in [5, 5.41) is 3.84. The number of hydrogen-bond acceptors (Lipinski definition) is 4. The van der Waals surface area contributed by atoms with Gasteiger partial charge in [0.25, 0.3) is 0 Å². The van der Waals surface area contributed by atoms with Crippen molar-refractivity contribution in [1.29, 1.82) is 0 Å². The molecule has 8 aromatic carbocycles. The number of rotatable bonds is 7. The van der Waals surface area contributed by atoms with Gasteiger partial charge in [-0.15, -0.1) is 22.7 Å². The Morgan fingerprint density at radius 3 is 1.84 bits per heavy atom.